The lowest BCUT2D eigenvalue weighted by molar-refractivity contribution is -0.129. The van der Waals surface area contributed by atoms with Crippen molar-refractivity contribution in [1.29, 1.82) is 0 Å². The summed E-state index contributed by atoms with van der Waals surface area (Å²) in [5.74, 6) is -0.0776. The van der Waals surface area contributed by atoms with E-state index in [2.05, 4.69) is 15.8 Å². The number of ether oxygens (including phenoxy) is 1. The summed E-state index contributed by atoms with van der Waals surface area (Å²) in [7, 11) is 0. The van der Waals surface area contributed by atoms with Crippen LogP contribution in [0.4, 0.5) is 5.69 Å². The van der Waals surface area contributed by atoms with Crippen LogP contribution in [0.3, 0.4) is 0 Å². The van der Waals surface area contributed by atoms with Gasteiger partial charge in [0.1, 0.15) is 5.75 Å². The van der Waals surface area contributed by atoms with Crippen LogP contribution in [0.1, 0.15) is 29.1 Å². The van der Waals surface area contributed by atoms with Crippen LogP contribution < -0.4 is 15.5 Å². The number of nitrogens with one attached hydrogen (secondary N) is 2. The molecule has 0 fully saturated rings. The largest absolute Gasteiger partial charge is 0.476 e. The summed E-state index contributed by atoms with van der Waals surface area (Å²) in [4.78, 5) is 24.9. The van der Waals surface area contributed by atoms with E-state index in [-0.39, 0.29) is 11.8 Å². The lowest BCUT2D eigenvalue weighted by Gasteiger charge is -2.31. The lowest BCUT2D eigenvalue weighted by Crippen LogP contribution is -2.45. The van der Waals surface area contributed by atoms with Crippen molar-refractivity contribution >= 4 is 35.1 Å². The molecule has 1 aliphatic rings. The Balaban J connectivity index is 1.73. The van der Waals surface area contributed by atoms with E-state index < -0.39 is 5.60 Å². The molecule has 0 bridgehead atoms. The van der Waals surface area contributed by atoms with Crippen LogP contribution in [0, 0.1) is 0 Å². The molecule has 2 aromatic rings. The zero-order valence-electron chi connectivity index (χ0n) is 12.6. The number of hydrogen-bond acceptors (Lipinski definition) is 5. The molecule has 118 valence electrons. The van der Waals surface area contributed by atoms with Gasteiger partial charge in [0.25, 0.3) is 11.8 Å². The van der Waals surface area contributed by atoms with Gasteiger partial charge >= 0.3 is 0 Å². The van der Waals surface area contributed by atoms with Gasteiger partial charge in [-0.1, -0.05) is 6.07 Å². The van der Waals surface area contributed by atoms with Crippen LogP contribution in [0.25, 0.3) is 0 Å². The Morgan fingerprint density at radius 3 is 2.96 bits per heavy atom. The third kappa shape index (κ3) is 3.24. The Morgan fingerprint density at radius 1 is 1.39 bits per heavy atom. The molecule has 1 aliphatic heterocycles. The van der Waals surface area contributed by atoms with Gasteiger partial charge in [-0.2, -0.15) is 5.10 Å². The van der Waals surface area contributed by atoms with Crippen LogP contribution in [0.2, 0.25) is 0 Å². The molecular weight excluding hydrogens is 314 g/mol. The number of hydrazone groups is 1. The fourth-order valence-electron chi connectivity index (χ4n) is 2.04. The maximum Gasteiger partial charge on any atom is 0.271 e. The molecule has 0 spiro atoms. The van der Waals surface area contributed by atoms with Crippen molar-refractivity contribution in [2.45, 2.75) is 19.4 Å². The van der Waals surface area contributed by atoms with Gasteiger partial charge in [0.05, 0.1) is 11.9 Å². The summed E-state index contributed by atoms with van der Waals surface area (Å²) in [5.41, 5.74) is 2.39. The number of benzene rings is 1. The predicted molar refractivity (Wildman–Crippen MR) is 89.2 cm³/mol. The number of hydrogen-bond donors (Lipinski definition) is 2. The highest BCUT2D eigenvalue weighted by Gasteiger charge is 2.35. The Morgan fingerprint density at radius 2 is 2.22 bits per heavy atom. The molecule has 2 N–H and O–H groups in total. The van der Waals surface area contributed by atoms with E-state index in [1.807, 2.05) is 17.5 Å². The number of rotatable bonds is 3. The molecular formula is C16H15N3O3S. The van der Waals surface area contributed by atoms with Crippen LogP contribution in [0.15, 0.2) is 40.8 Å². The topological polar surface area (TPSA) is 79.8 Å². The summed E-state index contributed by atoms with van der Waals surface area (Å²) in [6, 6.07) is 8.66. The number of carbonyl (C=O) groups excluding carboxylic acids is 2. The van der Waals surface area contributed by atoms with Gasteiger partial charge in [0.15, 0.2) is 5.60 Å². The molecule has 7 heteroatoms. The van der Waals surface area contributed by atoms with E-state index in [1.165, 1.54) is 11.3 Å². The quantitative estimate of drug-likeness (QED) is 0.671. The third-order valence-corrected chi connectivity index (χ3v) is 4.11. The fourth-order valence-corrected chi connectivity index (χ4v) is 2.62. The van der Waals surface area contributed by atoms with Crippen molar-refractivity contribution in [3.63, 3.8) is 0 Å². The first kappa shape index (κ1) is 15.2. The van der Waals surface area contributed by atoms with E-state index in [9.17, 15) is 9.59 Å². The van der Waals surface area contributed by atoms with Crippen LogP contribution in [-0.2, 0) is 4.79 Å². The van der Waals surface area contributed by atoms with Crippen molar-refractivity contribution in [3.05, 3.63) is 46.2 Å². The van der Waals surface area contributed by atoms with E-state index >= 15 is 0 Å². The second-order valence-electron chi connectivity index (χ2n) is 5.49. The van der Waals surface area contributed by atoms with Gasteiger partial charge < -0.3 is 10.1 Å². The first-order valence-corrected chi connectivity index (χ1v) is 7.85. The minimum absolute atomic E-state index is 0.252. The molecule has 0 atom stereocenters. The highest BCUT2D eigenvalue weighted by Crippen LogP contribution is 2.34. The molecule has 3 rings (SSSR count). The molecule has 1 aromatic heterocycles. The van der Waals surface area contributed by atoms with Crippen LogP contribution >= 0.6 is 11.3 Å². The predicted octanol–water partition coefficient (Wildman–Crippen LogP) is 2.62. The number of nitrogens with zero attached hydrogens (tertiary/aromatic N) is 1. The molecule has 23 heavy (non-hydrogen) atoms. The van der Waals surface area contributed by atoms with Crippen molar-refractivity contribution in [2.75, 3.05) is 5.32 Å². The van der Waals surface area contributed by atoms with Gasteiger partial charge in [-0.25, -0.2) is 5.43 Å². The van der Waals surface area contributed by atoms with Crippen LogP contribution in [0.5, 0.6) is 5.75 Å². The zero-order chi connectivity index (χ0) is 16.4. The average molecular weight is 329 g/mol. The first-order chi connectivity index (χ1) is 11.0. The van der Waals surface area contributed by atoms with Gasteiger partial charge in [0.2, 0.25) is 0 Å². The molecule has 2 amide bonds. The van der Waals surface area contributed by atoms with E-state index in [0.29, 0.717) is 17.0 Å². The molecule has 6 nitrogen and oxygen atoms in total. The Kier molecular flexibility index (Phi) is 3.87. The van der Waals surface area contributed by atoms with Crippen molar-refractivity contribution in [3.8, 4) is 5.75 Å². The van der Waals surface area contributed by atoms with Gasteiger partial charge in [-0.15, -0.1) is 11.3 Å². The molecule has 0 aliphatic carbocycles. The molecule has 0 saturated carbocycles. The smallest absolute Gasteiger partial charge is 0.271 e. The molecule has 1 aromatic carbocycles. The Bertz CT molecular complexity index is 782. The standard InChI is InChI=1S/C16H15N3O3S/c1-16(2)15(21)18-12-8-10(5-6-13(12)22-16)14(20)19-17-9-11-4-3-7-23-11/h3-9H,1-2H3,(H,18,21)(H,19,20)/b17-9+. The summed E-state index contributed by atoms with van der Waals surface area (Å²) in [6.07, 6.45) is 1.58. The second kappa shape index (κ2) is 5.85. The number of carbonyl (C=O) groups is 2. The van der Waals surface area contributed by atoms with Gasteiger partial charge in [-0.3, -0.25) is 9.59 Å². The number of anilines is 1. The normalized spacial score (nSPS) is 15.7. The maximum atomic E-state index is 12.1. The number of fused-ring (bicyclic) bond motifs is 1. The van der Waals surface area contributed by atoms with E-state index in [4.69, 9.17) is 4.74 Å². The third-order valence-electron chi connectivity index (χ3n) is 3.30. The van der Waals surface area contributed by atoms with E-state index in [0.717, 1.165) is 4.88 Å². The van der Waals surface area contributed by atoms with Crippen molar-refractivity contribution in [1.82, 2.24) is 5.43 Å². The Hall–Kier alpha value is -2.67. The SMILES string of the molecule is CC1(C)Oc2ccc(C(=O)N/N=C/c3cccs3)cc2NC1=O. The molecule has 0 radical (unpaired) electrons. The zero-order valence-corrected chi connectivity index (χ0v) is 13.4. The van der Waals surface area contributed by atoms with Crippen LogP contribution in [-0.4, -0.2) is 23.6 Å². The summed E-state index contributed by atoms with van der Waals surface area (Å²) >= 11 is 1.52. The lowest BCUT2D eigenvalue weighted by atomic mass is 10.0. The summed E-state index contributed by atoms with van der Waals surface area (Å²) in [6.45, 7) is 3.37. The minimum Gasteiger partial charge on any atom is -0.476 e. The molecule has 0 saturated heterocycles. The highest BCUT2D eigenvalue weighted by molar-refractivity contribution is 7.11. The monoisotopic (exact) mass is 329 g/mol. The summed E-state index contributed by atoms with van der Waals surface area (Å²) < 4.78 is 5.62. The highest BCUT2D eigenvalue weighted by atomic mass is 32.1. The number of thiophene rings is 1. The van der Waals surface area contributed by atoms with Gasteiger partial charge in [0, 0.05) is 10.4 Å². The minimum atomic E-state index is -0.929. The molecule has 0 unspecified atom stereocenters. The Labute approximate surface area is 137 Å². The van der Waals surface area contributed by atoms with E-state index in [1.54, 1.807) is 38.3 Å². The average Bonchev–Trinajstić information content (AvgIpc) is 3.01. The van der Waals surface area contributed by atoms with Crippen molar-refractivity contribution in [2.24, 2.45) is 5.10 Å². The maximum absolute atomic E-state index is 12.1. The molecule has 2 heterocycles. The van der Waals surface area contributed by atoms with Crippen molar-refractivity contribution < 1.29 is 14.3 Å². The first-order valence-electron chi connectivity index (χ1n) is 6.97. The fraction of sp³-hybridized carbons (Fsp3) is 0.188. The summed E-state index contributed by atoms with van der Waals surface area (Å²) in [5, 5.41) is 8.58. The number of amides is 2. The van der Waals surface area contributed by atoms with Gasteiger partial charge in [-0.05, 0) is 43.5 Å². The second-order valence-corrected chi connectivity index (χ2v) is 6.47.